The van der Waals surface area contributed by atoms with Crippen LogP contribution in [0.4, 0.5) is 0 Å². The van der Waals surface area contributed by atoms with E-state index in [-0.39, 0.29) is 5.56 Å². The molecule has 5 aromatic rings. The van der Waals surface area contributed by atoms with E-state index in [1.165, 1.54) is 10.4 Å². The van der Waals surface area contributed by atoms with Crippen LogP contribution in [0, 0.1) is 27.7 Å². The number of rotatable bonds is 3. The summed E-state index contributed by atoms with van der Waals surface area (Å²) in [6, 6.07) is 5.89. The summed E-state index contributed by atoms with van der Waals surface area (Å²) in [7, 11) is 1.74. The van der Waals surface area contributed by atoms with Crippen molar-refractivity contribution < 1.29 is 0 Å². The van der Waals surface area contributed by atoms with Crippen molar-refractivity contribution in [1.82, 2.24) is 29.1 Å². The molecule has 0 unspecified atom stereocenters. The van der Waals surface area contributed by atoms with Gasteiger partial charge in [-0.3, -0.25) is 13.8 Å². The Kier molecular flexibility index (Phi) is 4.41. The van der Waals surface area contributed by atoms with E-state index in [4.69, 9.17) is 4.98 Å². The summed E-state index contributed by atoms with van der Waals surface area (Å²) >= 11 is 3.33. The molecule has 0 atom stereocenters. The first kappa shape index (κ1) is 19.2. The molecule has 0 N–H and O–H groups in total. The fraction of sp³-hybridized carbons (Fsp3) is 0.286. The second-order valence-corrected chi connectivity index (χ2v) is 9.63. The quantitative estimate of drug-likeness (QED) is 0.313. The molecule has 0 fully saturated rings. The van der Waals surface area contributed by atoms with Crippen molar-refractivity contribution in [3.05, 3.63) is 56.2 Å². The zero-order valence-corrected chi connectivity index (χ0v) is 19.0. The minimum absolute atomic E-state index is 0.0645. The maximum atomic E-state index is 12.8. The molecule has 0 aliphatic heterocycles. The monoisotopic (exact) mass is 436 g/mol. The number of aromatic nitrogens is 6. The Morgan fingerprint density at radius 2 is 1.90 bits per heavy atom. The van der Waals surface area contributed by atoms with Crippen molar-refractivity contribution in [2.45, 2.75) is 38.5 Å². The Labute approximate surface area is 180 Å². The van der Waals surface area contributed by atoms with Gasteiger partial charge in [-0.1, -0.05) is 23.4 Å². The van der Waals surface area contributed by atoms with Crippen LogP contribution in [-0.2, 0) is 12.8 Å². The highest BCUT2D eigenvalue weighted by molar-refractivity contribution is 7.98. The second-order valence-electron chi connectivity index (χ2n) is 7.46. The van der Waals surface area contributed by atoms with E-state index in [9.17, 15) is 4.79 Å². The molecule has 5 rings (SSSR count). The number of aryl methyl sites for hydroxylation is 5. The maximum Gasteiger partial charge on any atom is 0.262 e. The molecule has 0 saturated carbocycles. The summed E-state index contributed by atoms with van der Waals surface area (Å²) in [5.41, 5.74) is 3.04. The molecule has 0 saturated heterocycles. The highest BCUT2D eigenvalue weighted by atomic mass is 32.2. The van der Waals surface area contributed by atoms with Gasteiger partial charge in [-0.2, -0.15) is 0 Å². The third kappa shape index (κ3) is 2.84. The largest absolute Gasteiger partial charge is 0.279 e. The molecule has 9 heteroatoms. The topological polar surface area (TPSA) is 78.0 Å². The molecule has 7 nitrogen and oxygen atoms in total. The van der Waals surface area contributed by atoms with Crippen LogP contribution in [0.2, 0.25) is 0 Å². The molecular weight excluding hydrogens is 416 g/mol. The van der Waals surface area contributed by atoms with Crippen LogP contribution in [0.5, 0.6) is 0 Å². The smallest absolute Gasteiger partial charge is 0.262 e. The van der Waals surface area contributed by atoms with Crippen LogP contribution in [-0.4, -0.2) is 29.1 Å². The molecule has 30 heavy (non-hydrogen) atoms. The van der Waals surface area contributed by atoms with Crippen molar-refractivity contribution in [1.29, 1.82) is 0 Å². The van der Waals surface area contributed by atoms with Gasteiger partial charge >= 0.3 is 0 Å². The first-order chi connectivity index (χ1) is 14.3. The highest BCUT2D eigenvalue weighted by Gasteiger charge is 2.18. The number of fused-ring (bicyclic) bond motifs is 4. The molecule has 152 valence electrons. The minimum atomic E-state index is -0.0645. The molecule has 4 aromatic heterocycles. The van der Waals surface area contributed by atoms with Crippen molar-refractivity contribution in [3.8, 4) is 0 Å². The molecule has 0 aliphatic rings. The molecule has 0 bridgehead atoms. The number of hydrogen-bond acceptors (Lipinski definition) is 7. The predicted octanol–water partition coefficient (Wildman–Crippen LogP) is 4.11. The first-order valence-electron chi connectivity index (χ1n) is 9.55. The zero-order chi connectivity index (χ0) is 21.2. The Hall–Kier alpha value is -2.78. The molecule has 0 amide bonds. The van der Waals surface area contributed by atoms with Crippen molar-refractivity contribution in [3.63, 3.8) is 0 Å². The van der Waals surface area contributed by atoms with Crippen LogP contribution < -0.4 is 5.56 Å². The normalized spacial score (nSPS) is 11.9. The van der Waals surface area contributed by atoms with Gasteiger partial charge in [0.15, 0.2) is 0 Å². The molecule has 0 spiro atoms. The summed E-state index contributed by atoms with van der Waals surface area (Å²) in [5.74, 6) is 2.68. The summed E-state index contributed by atoms with van der Waals surface area (Å²) in [6.45, 7) is 8.15. The van der Waals surface area contributed by atoms with E-state index in [2.05, 4.69) is 29.0 Å². The highest BCUT2D eigenvalue weighted by Crippen LogP contribution is 2.36. The van der Waals surface area contributed by atoms with E-state index >= 15 is 0 Å². The van der Waals surface area contributed by atoms with Crippen LogP contribution in [0.25, 0.3) is 26.9 Å². The number of thiophene rings is 1. The molecule has 1 aromatic carbocycles. The fourth-order valence-electron chi connectivity index (χ4n) is 3.70. The Morgan fingerprint density at radius 1 is 1.10 bits per heavy atom. The third-order valence-electron chi connectivity index (χ3n) is 5.39. The molecule has 0 aliphatic carbocycles. The van der Waals surface area contributed by atoms with Crippen LogP contribution in [0.15, 0.2) is 28.0 Å². The number of thioether (sulfide) groups is 1. The van der Waals surface area contributed by atoms with Crippen LogP contribution >= 0.6 is 23.1 Å². The molecule has 0 radical (unpaired) electrons. The summed E-state index contributed by atoms with van der Waals surface area (Å²) < 4.78 is 3.53. The van der Waals surface area contributed by atoms with Gasteiger partial charge in [0.1, 0.15) is 21.5 Å². The van der Waals surface area contributed by atoms with Crippen molar-refractivity contribution in [2.24, 2.45) is 7.05 Å². The standard InChI is InChI=1S/C21H20N6OS2/c1-10-6-7-15-14(8-10)20(28)26(5)21-25-24-16(27(15)21)9-29-18-17-11(2)12(3)30-19(17)23-13(4)22-18/h6-8H,9H2,1-5H3. The van der Waals surface area contributed by atoms with Crippen molar-refractivity contribution >= 4 is 50.0 Å². The third-order valence-corrected chi connectivity index (χ3v) is 7.46. The number of nitrogens with zero attached hydrogens (tertiary/aromatic N) is 6. The Bertz CT molecular complexity index is 1530. The number of hydrogen-bond donors (Lipinski definition) is 0. The van der Waals surface area contributed by atoms with Gasteiger partial charge in [0.05, 0.1) is 16.7 Å². The van der Waals surface area contributed by atoms with Gasteiger partial charge in [-0.25, -0.2) is 9.97 Å². The Balaban J connectivity index is 1.65. The lowest BCUT2D eigenvalue weighted by Gasteiger charge is -2.09. The van der Waals surface area contributed by atoms with E-state index in [0.29, 0.717) is 16.9 Å². The van der Waals surface area contributed by atoms with Crippen LogP contribution in [0.3, 0.4) is 0 Å². The SMILES string of the molecule is Cc1ccc2c(c1)c(=O)n(C)c1nnc(CSc3nc(C)nc4sc(C)c(C)c34)n21. The molecular formula is C21H20N6OS2. The van der Waals surface area contributed by atoms with Gasteiger partial charge in [-0.15, -0.1) is 21.5 Å². The maximum absolute atomic E-state index is 12.8. The lowest BCUT2D eigenvalue weighted by molar-refractivity contribution is 0.857. The lowest BCUT2D eigenvalue weighted by Crippen LogP contribution is -2.20. The van der Waals surface area contributed by atoms with Gasteiger partial charge in [-0.05, 0) is 45.4 Å². The average molecular weight is 437 g/mol. The van der Waals surface area contributed by atoms with Crippen molar-refractivity contribution in [2.75, 3.05) is 0 Å². The zero-order valence-electron chi connectivity index (χ0n) is 17.3. The van der Waals surface area contributed by atoms with Gasteiger partial charge < -0.3 is 0 Å². The lowest BCUT2D eigenvalue weighted by atomic mass is 10.1. The van der Waals surface area contributed by atoms with E-state index < -0.39 is 0 Å². The van der Waals surface area contributed by atoms with Gasteiger partial charge in [0, 0.05) is 17.3 Å². The van der Waals surface area contributed by atoms with Crippen LogP contribution in [0.1, 0.15) is 27.7 Å². The molecule has 4 heterocycles. The minimum Gasteiger partial charge on any atom is -0.279 e. The average Bonchev–Trinajstić information content (AvgIpc) is 3.25. The predicted molar refractivity (Wildman–Crippen MR) is 122 cm³/mol. The Morgan fingerprint density at radius 3 is 2.70 bits per heavy atom. The van der Waals surface area contributed by atoms with E-state index in [0.717, 1.165) is 38.0 Å². The summed E-state index contributed by atoms with van der Waals surface area (Å²) in [6.07, 6.45) is 0. The van der Waals surface area contributed by atoms with E-state index in [1.807, 2.05) is 36.4 Å². The number of benzene rings is 1. The first-order valence-corrected chi connectivity index (χ1v) is 11.4. The van der Waals surface area contributed by atoms with Gasteiger partial charge in [0.25, 0.3) is 5.56 Å². The fourth-order valence-corrected chi connectivity index (χ4v) is 5.89. The summed E-state index contributed by atoms with van der Waals surface area (Å²) in [5, 5.41) is 11.5. The second kappa shape index (κ2) is 6.88. The summed E-state index contributed by atoms with van der Waals surface area (Å²) in [4.78, 5) is 24.4. The van der Waals surface area contributed by atoms with Gasteiger partial charge in [0.2, 0.25) is 5.78 Å². The van der Waals surface area contributed by atoms with E-state index in [1.54, 1.807) is 34.7 Å².